The smallest absolute Gasteiger partial charge is 0.226 e. The summed E-state index contributed by atoms with van der Waals surface area (Å²) in [6.45, 7) is 4.48. The Bertz CT molecular complexity index is 1020. The summed E-state index contributed by atoms with van der Waals surface area (Å²) in [5, 5.41) is 6.95. The van der Waals surface area contributed by atoms with Crippen LogP contribution in [-0.4, -0.2) is 28.8 Å². The molecule has 7 nitrogen and oxygen atoms in total. The summed E-state index contributed by atoms with van der Waals surface area (Å²) in [6.07, 6.45) is 2.46. The molecule has 4 rings (SSSR count). The van der Waals surface area contributed by atoms with Crippen LogP contribution >= 0.6 is 0 Å². The standard InChI is InChI=1S/C23H25N3O4/c1-3-28-20-13-17-12-15(2)29-19(17)14-18(20)24-21(27)10-7-11-22-25-23(26-30-22)16-8-5-4-6-9-16/h4-6,8-9,13-15H,3,7,10-12H2,1-2H3,(H,24,27). The van der Waals surface area contributed by atoms with Crippen molar-refractivity contribution >= 4 is 11.6 Å². The first kappa shape index (κ1) is 19.9. The van der Waals surface area contributed by atoms with Gasteiger partial charge in [0.15, 0.2) is 0 Å². The number of aromatic nitrogens is 2. The number of benzene rings is 2. The van der Waals surface area contributed by atoms with Gasteiger partial charge < -0.3 is 19.3 Å². The Kier molecular flexibility index (Phi) is 5.97. The van der Waals surface area contributed by atoms with Crippen LogP contribution in [-0.2, 0) is 17.6 Å². The van der Waals surface area contributed by atoms with E-state index in [0.29, 0.717) is 49.0 Å². The molecule has 2 aromatic carbocycles. The molecule has 0 fully saturated rings. The fourth-order valence-corrected chi connectivity index (χ4v) is 3.49. The highest BCUT2D eigenvalue weighted by Gasteiger charge is 2.22. The summed E-state index contributed by atoms with van der Waals surface area (Å²) in [5.41, 5.74) is 2.65. The van der Waals surface area contributed by atoms with Crippen LogP contribution in [0.1, 0.15) is 38.1 Å². The zero-order valence-electron chi connectivity index (χ0n) is 17.2. The summed E-state index contributed by atoms with van der Waals surface area (Å²) in [5.74, 6) is 2.47. The molecule has 1 aliphatic rings. The zero-order valence-corrected chi connectivity index (χ0v) is 17.2. The highest BCUT2D eigenvalue weighted by atomic mass is 16.5. The van der Waals surface area contributed by atoms with E-state index in [0.717, 1.165) is 23.3 Å². The summed E-state index contributed by atoms with van der Waals surface area (Å²) < 4.78 is 16.8. The monoisotopic (exact) mass is 407 g/mol. The molecule has 30 heavy (non-hydrogen) atoms. The minimum absolute atomic E-state index is 0.0928. The second-order valence-electron chi connectivity index (χ2n) is 7.30. The summed E-state index contributed by atoms with van der Waals surface area (Å²) in [7, 11) is 0. The number of fused-ring (bicyclic) bond motifs is 1. The van der Waals surface area contributed by atoms with Crippen molar-refractivity contribution in [3.05, 3.63) is 53.9 Å². The molecule has 0 saturated carbocycles. The molecule has 1 aliphatic heterocycles. The SMILES string of the molecule is CCOc1cc2c(cc1NC(=O)CCCc1nc(-c3ccccc3)no1)OC(C)C2. The van der Waals surface area contributed by atoms with E-state index >= 15 is 0 Å². The average molecular weight is 407 g/mol. The number of aryl methyl sites for hydroxylation is 1. The molecule has 3 aromatic rings. The molecule has 1 atom stereocenters. The molecule has 1 N–H and O–H groups in total. The predicted molar refractivity (Wildman–Crippen MR) is 113 cm³/mol. The third-order valence-corrected chi connectivity index (χ3v) is 4.87. The second kappa shape index (κ2) is 8.98. The van der Waals surface area contributed by atoms with E-state index in [1.807, 2.05) is 56.3 Å². The first-order valence-electron chi connectivity index (χ1n) is 10.3. The minimum Gasteiger partial charge on any atom is -0.492 e. The van der Waals surface area contributed by atoms with Gasteiger partial charge in [0.2, 0.25) is 17.6 Å². The Morgan fingerprint density at radius 3 is 2.90 bits per heavy atom. The van der Waals surface area contributed by atoms with Crippen LogP contribution in [0, 0.1) is 0 Å². The molecule has 7 heteroatoms. The van der Waals surface area contributed by atoms with Crippen molar-refractivity contribution < 1.29 is 18.8 Å². The van der Waals surface area contributed by atoms with Crippen molar-refractivity contribution in [2.45, 2.75) is 45.6 Å². The Morgan fingerprint density at radius 1 is 1.27 bits per heavy atom. The first-order chi connectivity index (χ1) is 14.6. The molecule has 0 aliphatic carbocycles. The lowest BCUT2D eigenvalue weighted by molar-refractivity contribution is -0.116. The second-order valence-corrected chi connectivity index (χ2v) is 7.30. The third-order valence-electron chi connectivity index (χ3n) is 4.87. The van der Waals surface area contributed by atoms with Gasteiger partial charge in [-0.3, -0.25) is 4.79 Å². The van der Waals surface area contributed by atoms with Crippen LogP contribution in [0.15, 0.2) is 47.0 Å². The number of rotatable bonds is 8. The molecular formula is C23H25N3O4. The van der Waals surface area contributed by atoms with Crippen LogP contribution in [0.4, 0.5) is 5.69 Å². The normalized spacial score (nSPS) is 14.8. The highest BCUT2D eigenvalue weighted by Crippen LogP contribution is 2.38. The minimum atomic E-state index is -0.0928. The zero-order chi connectivity index (χ0) is 20.9. The van der Waals surface area contributed by atoms with Gasteiger partial charge in [0.25, 0.3) is 0 Å². The van der Waals surface area contributed by atoms with Gasteiger partial charge >= 0.3 is 0 Å². The maximum Gasteiger partial charge on any atom is 0.226 e. The van der Waals surface area contributed by atoms with Crippen molar-refractivity contribution in [1.82, 2.24) is 10.1 Å². The number of hydrogen-bond donors (Lipinski definition) is 1. The van der Waals surface area contributed by atoms with Gasteiger partial charge in [0.1, 0.15) is 17.6 Å². The topological polar surface area (TPSA) is 86.5 Å². The molecule has 156 valence electrons. The molecule has 0 saturated heterocycles. The van der Waals surface area contributed by atoms with Crippen molar-refractivity contribution in [1.29, 1.82) is 0 Å². The van der Waals surface area contributed by atoms with Crippen LogP contribution in [0.5, 0.6) is 11.5 Å². The Labute approximate surface area is 175 Å². The molecule has 2 heterocycles. The molecule has 1 aromatic heterocycles. The number of carbonyl (C=O) groups excluding carboxylic acids is 1. The quantitative estimate of drug-likeness (QED) is 0.595. The van der Waals surface area contributed by atoms with Crippen molar-refractivity contribution in [3.63, 3.8) is 0 Å². The van der Waals surface area contributed by atoms with Gasteiger partial charge in [0.05, 0.1) is 12.3 Å². The fraction of sp³-hybridized carbons (Fsp3) is 0.348. The lowest BCUT2D eigenvalue weighted by atomic mass is 10.1. The van der Waals surface area contributed by atoms with Gasteiger partial charge in [-0.1, -0.05) is 35.5 Å². The fourth-order valence-electron chi connectivity index (χ4n) is 3.49. The van der Waals surface area contributed by atoms with E-state index in [1.165, 1.54) is 0 Å². The van der Waals surface area contributed by atoms with Crippen molar-refractivity contribution in [2.75, 3.05) is 11.9 Å². The van der Waals surface area contributed by atoms with Gasteiger partial charge in [-0.25, -0.2) is 0 Å². The van der Waals surface area contributed by atoms with E-state index in [1.54, 1.807) is 0 Å². The largest absolute Gasteiger partial charge is 0.492 e. The number of nitrogens with one attached hydrogen (secondary N) is 1. The van der Waals surface area contributed by atoms with Crippen LogP contribution < -0.4 is 14.8 Å². The van der Waals surface area contributed by atoms with Gasteiger partial charge in [-0.05, 0) is 26.3 Å². The third kappa shape index (κ3) is 4.62. The molecule has 0 bridgehead atoms. The van der Waals surface area contributed by atoms with E-state index in [4.69, 9.17) is 14.0 Å². The van der Waals surface area contributed by atoms with Gasteiger partial charge in [-0.2, -0.15) is 4.98 Å². The van der Waals surface area contributed by atoms with Crippen LogP contribution in [0.25, 0.3) is 11.4 Å². The van der Waals surface area contributed by atoms with E-state index in [9.17, 15) is 4.79 Å². The number of carbonyl (C=O) groups is 1. The summed E-state index contributed by atoms with van der Waals surface area (Å²) in [6, 6.07) is 13.5. The van der Waals surface area contributed by atoms with Crippen molar-refractivity contribution in [2.24, 2.45) is 0 Å². The van der Waals surface area contributed by atoms with E-state index in [2.05, 4.69) is 15.5 Å². The van der Waals surface area contributed by atoms with Crippen LogP contribution in [0.3, 0.4) is 0 Å². The number of nitrogens with zero attached hydrogens (tertiary/aromatic N) is 2. The molecular weight excluding hydrogens is 382 g/mol. The summed E-state index contributed by atoms with van der Waals surface area (Å²) in [4.78, 5) is 16.9. The molecule has 1 amide bonds. The summed E-state index contributed by atoms with van der Waals surface area (Å²) >= 11 is 0. The Hall–Kier alpha value is -3.35. The maximum absolute atomic E-state index is 12.5. The number of hydrogen-bond acceptors (Lipinski definition) is 6. The lowest BCUT2D eigenvalue weighted by Crippen LogP contribution is -2.13. The Morgan fingerprint density at radius 2 is 2.10 bits per heavy atom. The predicted octanol–water partition coefficient (Wildman–Crippen LogP) is 4.42. The van der Waals surface area contributed by atoms with Crippen molar-refractivity contribution in [3.8, 4) is 22.9 Å². The van der Waals surface area contributed by atoms with E-state index in [-0.39, 0.29) is 12.0 Å². The molecule has 1 unspecified atom stereocenters. The van der Waals surface area contributed by atoms with Gasteiger partial charge in [0, 0.05) is 36.5 Å². The lowest BCUT2D eigenvalue weighted by Gasteiger charge is -2.13. The number of amides is 1. The van der Waals surface area contributed by atoms with Crippen LogP contribution in [0.2, 0.25) is 0 Å². The van der Waals surface area contributed by atoms with E-state index < -0.39 is 0 Å². The Balaban J connectivity index is 1.33. The highest BCUT2D eigenvalue weighted by molar-refractivity contribution is 5.92. The molecule has 0 spiro atoms. The first-order valence-corrected chi connectivity index (χ1v) is 10.3. The number of anilines is 1. The maximum atomic E-state index is 12.5. The van der Waals surface area contributed by atoms with Gasteiger partial charge in [-0.15, -0.1) is 0 Å². The number of ether oxygens (including phenoxy) is 2. The average Bonchev–Trinajstić information content (AvgIpc) is 3.35. The molecule has 0 radical (unpaired) electrons.